The first-order valence-electron chi connectivity index (χ1n) is 7.21. The summed E-state index contributed by atoms with van der Waals surface area (Å²) in [6, 6.07) is 16.5. The predicted octanol–water partition coefficient (Wildman–Crippen LogP) is 4.77. The zero-order chi connectivity index (χ0) is 16.9. The monoisotopic (exact) mass is 355 g/mol. The molecule has 4 nitrogen and oxygen atoms in total. The number of hydrogen-bond acceptors (Lipinski definition) is 4. The largest absolute Gasteiger partial charge is 0.322 e. The van der Waals surface area contributed by atoms with Crippen molar-refractivity contribution in [1.29, 1.82) is 0 Å². The first-order valence-corrected chi connectivity index (χ1v) is 8.81. The van der Waals surface area contributed by atoms with E-state index in [1.807, 2.05) is 36.6 Å². The fraction of sp³-hybridized carbons (Fsp3) is 0.0556. The van der Waals surface area contributed by atoms with Crippen molar-refractivity contribution < 1.29 is 4.79 Å². The van der Waals surface area contributed by atoms with Crippen molar-refractivity contribution in [3.8, 4) is 11.3 Å². The molecule has 1 heterocycles. The first kappa shape index (κ1) is 16.5. The molecule has 6 heteroatoms. The molecule has 120 valence electrons. The third kappa shape index (κ3) is 3.75. The highest BCUT2D eigenvalue weighted by molar-refractivity contribution is 7.98. The van der Waals surface area contributed by atoms with E-state index in [2.05, 4.69) is 15.3 Å². The number of rotatable bonds is 4. The zero-order valence-electron chi connectivity index (χ0n) is 12.9. The summed E-state index contributed by atoms with van der Waals surface area (Å²) in [6.07, 6.45) is 3.46. The number of anilines is 1. The first-order chi connectivity index (χ1) is 11.7. The van der Waals surface area contributed by atoms with Crippen LogP contribution in [0, 0.1) is 0 Å². The van der Waals surface area contributed by atoms with Gasteiger partial charge < -0.3 is 5.32 Å². The molecule has 24 heavy (non-hydrogen) atoms. The SMILES string of the molecule is CSc1ncc(C(=O)Nc2ccc(Cl)cc2)c(-c2ccccc2)n1. The van der Waals surface area contributed by atoms with Gasteiger partial charge in [-0.1, -0.05) is 53.7 Å². The second-order valence-electron chi connectivity index (χ2n) is 4.95. The van der Waals surface area contributed by atoms with E-state index in [0.717, 1.165) is 5.56 Å². The van der Waals surface area contributed by atoms with Crippen LogP contribution in [0.3, 0.4) is 0 Å². The molecule has 1 N–H and O–H groups in total. The Kier molecular flexibility index (Phi) is 5.13. The van der Waals surface area contributed by atoms with Gasteiger partial charge in [0.1, 0.15) is 0 Å². The van der Waals surface area contributed by atoms with E-state index in [9.17, 15) is 4.79 Å². The second-order valence-corrected chi connectivity index (χ2v) is 6.16. The number of thioether (sulfide) groups is 1. The second kappa shape index (κ2) is 7.47. The molecule has 0 radical (unpaired) electrons. The summed E-state index contributed by atoms with van der Waals surface area (Å²) in [5.41, 5.74) is 2.57. The molecule has 1 amide bonds. The maximum atomic E-state index is 12.7. The number of nitrogens with one attached hydrogen (secondary N) is 1. The number of aromatic nitrogens is 2. The lowest BCUT2D eigenvalue weighted by molar-refractivity contribution is 0.102. The summed E-state index contributed by atoms with van der Waals surface area (Å²) < 4.78 is 0. The molecule has 0 unspecified atom stereocenters. The van der Waals surface area contributed by atoms with Gasteiger partial charge in [0.25, 0.3) is 5.91 Å². The van der Waals surface area contributed by atoms with Crippen LogP contribution in [0.1, 0.15) is 10.4 Å². The van der Waals surface area contributed by atoms with Crippen molar-refractivity contribution in [2.75, 3.05) is 11.6 Å². The molecule has 0 spiro atoms. The fourth-order valence-electron chi connectivity index (χ4n) is 2.18. The number of carbonyl (C=O) groups excluding carboxylic acids is 1. The maximum absolute atomic E-state index is 12.7. The summed E-state index contributed by atoms with van der Waals surface area (Å²) >= 11 is 7.30. The number of hydrogen-bond donors (Lipinski definition) is 1. The van der Waals surface area contributed by atoms with Crippen molar-refractivity contribution in [3.05, 3.63) is 71.4 Å². The molecule has 0 bridgehead atoms. The van der Waals surface area contributed by atoms with Crippen LogP contribution in [0.4, 0.5) is 5.69 Å². The molecule has 0 aliphatic rings. The van der Waals surface area contributed by atoms with E-state index in [0.29, 0.717) is 27.1 Å². The van der Waals surface area contributed by atoms with Gasteiger partial charge in [-0.3, -0.25) is 4.79 Å². The maximum Gasteiger partial charge on any atom is 0.259 e. The van der Waals surface area contributed by atoms with E-state index in [1.165, 1.54) is 11.8 Å². The molecule has 0 aliphatic heterocycles. The van der Waals surface area contributed by atoms with Gasteiger partial charge in [-0.05, 0) is 30.5 Å². The summed E-state index contributed by atoms with van der Waals surface area (Å²) in [4.78, 5) is 21.4. The Morgan fingerprint density at radius 1 is 1.08 bits per heavy atom. The van der Waals surface area contributed by atoms with Crippen molar-refractivity contribution in [2.45, 2.75) is 5.16 Å². The summed E-state index contributed by atoms with van der Waals surface area (Å²) in [5, 5.41) is 4.09. The van der Waals surface area contributed by atoms with Gasteiger partial charge in [-0.25, -0.2) is 9.97 Å². The number of carbonyl (C=O) groups is 1. The van der Waals surface area contributed by atoms with Crippen LogP contribution in [0.25, 0.3) is 11.3 Å². The van der Waals surface area contributed by atoms with Gasteiger partial charge in [0.05, 0.1) is 11.3 Å². The van der Waals surface area contributed by atoms with Crippen molar-refractivity contribution in [1.82, 2.24) is 9.97 Å². The van der Waals surface area contributed by atoms with Crippen molar-refractivity contribution in [3.63, 3.8) is 0 Å². The van der Waals surface area contributed by atoms with Gasteiger partial charge in [-0.15, -0.1) is 0 Å². The molecule has 1 aromatic heterocycles. The Morgan fingerprint density at radius 2 is 1.79 bits per heavy atom. The fourth-order valence-corrected chi connectivity index (χ4v) is 2.64. The Balaban J connectivity index is 1.97. The minimum Gasteiger partial charge on any atom is -0.322 e. The number of nitrogens with zero attached hydrogens (tertiary/aromatic N) is 2. The number of amides is 1. The molecule has 0 atom stereocenters. The van der Waals surface area contributed by atoms with Crippen LogP contribution in [0.5, 0.6) is 0 Å². The molecular formula is C18H14ClN3OS. The van der Waals surface area contributed by atoms with Crippen LogP contribution < -0.4 is 5.32 Å². The van der Waals surface area contributed by atoms with Crippen LogP contribution >= 0.6 is 23.4 Å². The normalized spacial score (nSPS) is 10.4. The third-order valence-electron chi connectivity index (χ3n) is 3.34. The minimum absolute atomic E-state index is 0.260. The van der Waals surface area contributed by atoms with Crippen LogP contribution in [0.15, 0.2) is 66.0 Å². The average molecular weight is 356 g/mol. The molecule has 3 aromatic rings. The number of benzene rings is 2. The van der Waals surface area contributed by atoms with E-state index in [4.69, 9.17) is 11.6 Å². The van der Waals surface area contributed by atoms with E-state index >= 15 is 0 Å². The summed E-state index contributed by atoms with van der Waals surface area (Å²) in [6.45, 7) is 0. The lowest BCUT2D eigenvalue weighted by Crippen LogP contribution is -2.14. The van der Waals surface area contributed by atoms with Crippen LogP contribution in [-0.4, -0.2) is 22.1 Å². The molecule has 0 aliphatic carbocycles. The molecule has 2 aromatic carbocycles. The Bertz CT molecular complexity index is 854. The quantitative estimate of drug-likeness (QED) is 0.541. The lowest BCUT2D eigenvalue weighted by atomic mass is 10.1. The zero-order valence-corrected chi connectivity index (χ0v) is 14.4. The van der Waals surface area contributed by atoms with E-state index < -0.39 is 0 Å². The van der Waals surface area contributed by atoms with Gasteiger partial charge in [0, 0.05) is 22.5 Å². The lowest BCUT2D eigenvalue weighted by Gasteiger charge is -2.10. The highest BCUT2D eigenvalue weighted by Crippen LogP contribution is 2.24. The predicted molar refractivity (Wildman–Crippen MR) is 98.7 cm³/mol. The number of halogens is 1. The smallest absolute Gasteiger partial charge is 0.259 e. The van der Waals surface area contributed by atoms with Crippen LogP contribution in [-0.2, 0) is 0 Å². The van der Waals surface area contributed by atoms with Crippen LogP contribution in [0.2, 0.25) is 5.02 Å². The Hall–Kier alpha value is -2.37. The molecule has 3 rings (SSSR count). The van der Waals surface area contributed by atoms with Gasteiger partial charge in [-0.2, -0.15) is 0 Å². The third-order valence-corrected chi connectivity index (χ3v) is 4.16. The van der Waals surface area contributed by atoms with Gasteiger partial charge >= 0.3 is 0 Å². The Morgan fingerprint density at radius 3 is 2.46 bits per heavy atom. The molecular weight excluding hydrogens is 342 g/mol. The van der Waals surface area contributed by atoms with Crippen molar-refractivity contribution in [2.24, 2.45) is 0 Å². The Labute approximate surface area is 149 Å². The standard InChI is InChI=1S/C18H14ClN3OS/c1-24-18-20-11-15(16(22-18)12-5-3-2-4-6-12)17(23)21-14-9-7-13(19)8-10-14/h2-11H,1H3,(H,21,23). The molecule has 0 fully saturated rings. The highest BCUT2D eigenvalue weighted by atomic mass is 35.5. The van der Waals surface area contributed by atoms with E-state index in [-0.39, 0.29) is 5.91 Å². The van der Waals surface area contributed by atoms with Crippen molar-refractivity contribution >= 4 is 35.0 Å². The average Bonchev–Trinajstić information content (AvgIpc) is 2.63. The summed E-state index contributed by atoms with van der Waals surface area (Å²) in [7, 11) is 0. The topological polar surface area (TPSA) is 54.9 Å². The summed E-state index contributed by atoms with van der Waals surface area (Å²) in [5.74, 6) is -0.260. The highest BCUT2D eigenvalue weighted by Gasteiger charge is 2.16. The van der Waals surface area contributed by atoms with Gasteiger partial charge in [0.2, 0.25) is 0 Å². The van der Waals surface area contributed by atoms with E-state index in [1.54, 1.807) is 30.5 Å². The molecule has 0 saturated carbocycles. The van der Waals surface area contributed by atoms with Gasteiger partial charge in [0.15, 0.2) is 5.16 Å². The minimum atomic E-state index is -0.260. The molecule has 0 saturated heterocycles.